The fourth-order valence-corrected chi connectivity index (χ4v) is 1.77. The lowest BCUT2D eigenvalue weighted by molar-refractivity contribution is -0.136. The van der Waals surface area contributed by atoms with Crippen LogP contribution in [-0.4, -0.2) is 11.1 Å². The van der Waals surface area contributed by atoms with Gasteiger partial charge < -0.3 is 10.4 Å². The molecule has 2 aromatic rings. The predicted molar refractivity (Wildman–Crippen MR) is 77.2 cm³/mol. The van der Waals surface area contributed by atoms with Crippen LogP contribution in [0.2, 0.25) is 5.02 Å². The highest BCUT2D eigenvalue weighted by molar-refractivity contribution is 6.33. The van der Waals surface area contributed by atoms with Crippen LogP contribution in [0.5, 0.6) is 0 Å². The van der Waals surface area contributed by atoms with Crippen molar-refractivity contribution < 1.29 is 21.1 Å². The van der Waals surface area contributed by atoms with Crippen LogP contribution >= 0.6 is 11.6 Å². The Labute approximate surface area is 128 Å². The number of benzene rings is 2. The molecule has 2 rings (SSSR count). The molecule has 0 aliphatic carbocycles. The molecule has 0 aliphatic rings. The average molecular weight is 299 g/mol. The van der Waals surface area contributed by atoms with E-state index in [2.05, 4.69) is 5.32 Å². The van der Waals surface area contributed by atoms with E-state index in [1.807, 2.05) is 0 Å². The van der Waals surface area contributed by atoms with Crippen LogP contribution in [0.3, 0.4) is 0 Å². The van der Waals surface area contributed by atoms with Gasteiger partial charge in [0, 0.05) is 8.43 Å². The van der Waals surface area contributed by atoms with Crippen LogP contribution in [0.15, 0.2) is 36.3 Å². The largest absolute Gasteiger partial charge is 0.481 e. The number of aliphatic carboxylic acids is 1. The SMILES string of the molecule is [2H]c1c([2H])c(F)c(Nc2ccc(C)cc2C([2H])([2H])C(=O)O)c(Cl)c1[2H]. The number of rotatable bonds is 4. The number of anilines is 2. The summed E-state index contributed by atoms with van der Waals surface area (Å²) in [5, 5.41) is 11.1. The third-order valence-electron chi connectivity index (χ3n) is 2.46. The van der Waals surface area contributed by atoms with Crippen molar-refractivity contribution in [2.45, 2.75) is 13.3 Å². The first-order chi connectivity index (χ1) is 11.5. The van der Waals surface area contributed by atoms with Gasteiger partial charge in [-0.15, -0.1) is 0 Å². The summed E-state index contributed by atoms with van der Waals surface area (Å²) in [7, 11) is 0. The van der Waals surface area contributed by atoms with Crippen LogP contribution < -0.4 is 5.32 Å². The van der Waals surface area contributed by atoms with Gasteiger partial charge in [0.25, 0.3) is 0 Å². The molecule has 0 saturated heterocycles. The second kappa shape index (κ2) is 5.92. The highest BCUT2D eigenvalue weighted by Crippen LogP contribution is 2.30. The molecule has 3 nitrogen and oxygen atoms in total. The van der Waals surface area contributed by atoms with E-state index >= 15 is 0 Å². The molecule has 20 heavy (non-hydrogen) atoms. The van der Waals surface area contributed by atoms with E-state index in [0.717, 1.165) is 0 Å². The Morgan fingerprint density at radius 2 is 2.30 bits per heavy atom. The van der Waals surface area contributed by atoms with Crippen molar-refractivity contribution in [3.63, 3.8) is 0 Å². The number of halogens is 2. The fraction of sp³-hybridized carbons (Fsp3) is 0.133. The van der Waals surface area contributed by atoms with Crippen molar-refractivity contribution in [3.05, 3.63) is 58.3 Å². The molecule has 0 fully saturated rings. The molecule has 0 saturated carbocycles. The Morgan fingerprint density at radius 3 is 3.00 bits per heavy atom. The number of para-hydroxylation sites is 1. The molecule has 0 heterocycles. The van der Waals surface area contributed by atoms with Crippen molar-refractivity contribution in [2.24, 2.45) is 0 Å². The third-order valence-corrected chi connectivity index (χ3v) is 2.74. The molecule has 0 unspecified atom stereocenters. The monoisotopic (exact) mass is 298 g/mol. The van der Waals surface area contributed by atoms with Crippen LogP contribution in [-0.2, 0) is 11.2 Å². The lowest BCUT2D eigenvalue weighted by atomic mass is 10.1. The predicted octanol–water partition coefficient (Wildman–Crippen LogP) is 4.16. The Morgan fingerprint density at radius 1 is 1.55 bits per heavy atom. The molecule has 0 aromatic heterocycles. The summed E-state index contributed by atoms with van der Waals surface area (Å²) in [5.41, 5.74) is -0.237. The van der Waals surface area contributed by atoms with Gasteiger partial charge in [0.05, 0.1) is 21.2 Å². The summed E-state index contributed by atoms with van der Waals surface area (Å²) in [6.07, 6.45) is -2.76. The van der Waals surface area contributed by atoms with Crippen molar-refractivity contribution in [1.29, 1.82) is 0 Å². The van der Waals surface area contributed by atoms with E-state index in [0.29, 0.717) is 5.56 Å². The average Bonchev–Trinajstić information content (AvgIpc) is 2.56. The van der Waals surface area contributed by atoms with Gasteiger partial charge in [-0.1, -0.05) is 35.3 Å². The maximum atomic E-state index is 14.3. The maximum Gasteiger partial charge on any atom is 0.307 e. The summed E-state index contributed by atoms with van der Waals surface area (Å²) in [4.78, 5) is 11.2. The molecule has 0 atom stereocenters. The second-order valence-electron chi connectivity index (χ2n) is 3.98. The van der Waals surface area contributed by atoms with E-state index in [1.165, 1.54) is 12.1 Å². The molecule has 0 spiro atoms. The Bertz CT molecular complexity index is 846. The summed E-state index contributed by atoms with van der Waals surface area (Å²) in [6, 6.07) is 2.11. The number of aryl methyl sites for hydroxylation is 1. The maximum absolute atomic E-state index is 14.3. The highest BCUT2D eigenvalue weighted by Gasteiger charge is 2.11. The van der Waals surface area contributed by atoms with E-state index < -0.39 is 47.0 Å². The van der Waals surface area contributed by atoms with E-state index in [4.69, 9.17) is 23.6 Å². The topological polar surface area (TPSA) is 49.3 Å². The smallest absolute Gasteiger partial charge is 0.307 e. The molecular formula is C15H13ClFNO2. The van der Waals surface area contributed by atoms with Crippen molar-refractivity contribution in [3.8, 4) is 0 Å². The van der Waals surface area contributed by atoms with E-state index in [9.17, 15) is 9.18 Å². The zero-order valence-electron chi connectivity index (χ0n) is 15.3. The summed E-state index contributed by atoms with van der Waals surface area (Å²) >= 11 is 5.88. The highest BCUT2D eigenvalue weighted by atomic mass is 35.5. The van der Waals surface area contributed by atoms with Gasteiger partial charge >= 0.3 is 5.97 Å². The minimum atomic E-state index is -2.76. The Hall–Kier alpha value is -2.07. The normalized spacial score (nSPS) is 14.7. The fourth-order valence-electron chi connectivity index (χ4n) is 1.59. The van der Waals surface area contributed by atoms with Gasteiger partial charge in [0.1, 0.15) is 5.82 Å². The van der Waals surface area contributed by atoms with Crippen LogP contribution in [0, 0.1) is 12.7 Å². The summed E-state index contributed by atoms with van der Waals surface area (Å²) in [5.74, 6) is -2.91. The molecular weight excluding hydrogens is 281 g/mol. The standard InChI is InChI=1S/C15H13ClFNO2/c1-9-5-6-13(10(7-9)8-14(19)20)18-15-11(16)3-2-4-12(15)17/h2-7,18H,8H2,1H3,(H,19,20)/i2D,3D,4D,8D2. The zero-order chi connectivity index (χ0) is 19.1. The van der Waals surface area contributed by atoms with Gasteiger partial charge in [-0.05, 0) is 30.6 Å². The minimum Gasteiger partial charge on any atom is -0.481 e. The number of hydrogen-bond acceptors (Lipinski definition) is 2. The first-order valence-electron chi connectivity index (χ1n) is 8.04. The lowest BCUT2D eigenvalue weighted by Crippen LogP contribution is -2.05. The van der Waals surface area contributed by atoms with Gasteiger partial charge in [-0.25, -0.2) is 4.39 Å². The molecule has 0 aliphatic heterocycles. The first kappa shape index (κ1) is 8.97. The second-order valence-corrected chi connectivity index (χ2v) is 4.36. The third kappa shape index (κ3) is 3.27. The number of carboxylic acids is 1. The lowest BCUT2D eigenvalue weighted by Gasteiger charge is -2.13. The van der Waals surface area contributed by atoms with Crippen LogP contribution in [0.1, 0.15) is 18.0 Å². The molecule has 0 bridgehead atoms. The van der Waals surface area contributed by atoms with E-state index in [1.54, 1.807) is 13.0 Å². The first-order valence-corrected chi connectivity index (χ1v) is 5.92. The zero-order valence-corrected chi connectivity index (χ0v) is 11.1. The van der Waals surface area contributed by atoms with Crippen molar-refractivity contribution >= 4 is 28.9 Å². The van der Waals surface area contributed by atoms with Gasteiger partial charge in [-0.2, -0.15) is 0 Å². The quantitative estimate of drug-likeness (QED) is 0.891. The van der Waals surface area contributed by atoms with Crippen molar-refractivity contribution in [1.82, 2.24) is 0 Å². The molecule has 2 N–H and O–H groups in total. The minimum absolute atomic E-state index is 0.0738. The van der Waals surface area contributed by atoms with Crippen molar-refractivity contribution in [2.75, 3.05) is 5.32 Å². The Balaban J connectivity index is 2.66. The van der Waals surface area contributed by atoms with E-state index in [-0.39, 0.29) is 11.3 Å². The number of nitrogens with one attached hydrogen (secondary N) is 1. The summed E-state index contributed by atoms with van der Waals surface area (Å²) in [6.45, 7) is 1.64. The van der Waals surface area contributed by atoms with Gasteiger partial charge in [0.15, 0.2) is 0 Å². The summed E-state index contributed by atoms with van der Waals surface area (Å²) < 4.78 is 52.4. The van der Waals surface area contributed by atoms with Crippen LogP contribution in [0.25, 0.3) is 0 Å². The van der Waals surface area contributed by atoms with Gasteiger partial charge in [0.2, 0.25) is 0 Å². The number of hydrogen-bond donors (Lipinski definition) is 2. The number of carbonyl (C=O) groups is 1. The van der Waals surface area contributed by atoms with Crippen LogP contribution in [0.4, 0.5) is 15.8 Å². The number of carboxylic acid groups (broad SMARTS) is 1. The van der Waals surface area contributed by atoms with Gasteiger partial charge in [-0.3, -0.25) is 4.79 Å². The Kier molecular flexibility index (Phi) is 2.66. The molecule has 2 aromatic carbocycles. The molecule has 5 heteroatoms. The molecule has 104 valence electrons. The molecule has 0 radical (unpaired) electrons. The molecule has 0 amide bonds.